The summed E-state index contributed by atoms with van der Waals surface area (Å²) in [7, 11) is 0. The number of benzene rings is 1. The van der Waals surface area contributed by atoms with Gasteiger partial charge in [-0.15, -0.1) is 0 Å². The van der Waals surface area contributed by atoms with E-state index >= 15 is 0 Å². The van der Waals surface area contributed by atoms with Gasteiger partial charge in [-0.3, -0.25) is 9.79 Å². The van der Waals surface area contributed by atoms with Crippen molar-refractivity contribution in [3.05, 3.63) is 57.6 Å². The molecule has 3 rings (SSSR count). The summed E-state index contributed by atoms with van der Waals surface area (Å²) in [5.41, 5.74) is 1.05. The zero-order valence-electron chi connectivity index (χ0n) is 17.0. The van der Waals surface area contributed by atoms with E-state index in [2.05, 4.69) is 26.2 Å². The standard InChI is InChI=1S/C21H21BrFN3O4S/c1-3-29-16(27)11-15-17(21(28)30-4-2)18(13-7-6-12(23)10-14(13)22)26-19(25-15)20-24-8-5-9-31-20/h5-8,10,18H,3-4,9,11H2,1-2H3,(H,25,26). The van der Waals surface area contributed by atoms with E-state index in [-0.39, 0.29) is 25.2 Å². The molecule has 1 N–H and O–H groups in total. The molecule has 0 spiro atoms. The van der Waals surface area contributed by atoms with Crippen LogP contribution in [-0.4, -0.2) is 41.8 Å². The Morgan fingerprint density at radius 2 is 2.06 bits per heavy atom. The highest BCUT2D eigenvalue weighted by Gasteiger charge is 2.35. The van der Waals surface area contributed by atoms with E-state index < -0.39 is 23.8 Å². The quantitative estimate of drug-likeness (QED) is 0.557. The smallest absolute Gasteiger partial charge is 0.338 e. The number of carbonyl (C=O) groups excluding carboxylic acids is 2. The van der Waals surface area contributed by atoms with Crippen molar-refractivity contribution in [2.75, 3.05) is 19.0 Å². The van der Waals surface area contributed by atoms with Crippen molar-refractivity contribution in [1.29, 1.82) is 0 Å². The predicted molar refractivity (Wildman–Crippen MR) is 121 cm³/mol. The first kappa shape index (κ1) is 23.2. The van der Waals surface area contributed by atoms with Gasteiger partial charge in [-0.25, -0.2) is 14.2 Å². The molecule has 0 fully saturated rings. The van der Waals surface area contributed by atoms with E-state index in [4.69, 9.17) is 14.5 Å². The molecule has 2 heterocycles. The third kappa shape index (κ3) is 5.62. The van der Waals surface area contributed by atoms with Gasteiger partial charge >= 0.3 is 11.9 Å². The molecule has 2 aliphatic heterocycles. The lowest BCUT2D eigenvalue weighted by atomic mass is 9.94. The van der Waals surface area contributed by atoms with Gasteiger partial charge in [-0.1, -0.05) is 39.8 Å². The fraction of sp³-hybridized carbons (Fsp3) is 0.333. The summed E-state index contributed by atoms with van der Waals surface area (Å²) in [4.78, 5) is 34.3. The summed E-state index contributed by atoms with van der Waals surface area (Å²) in [5, 5.41) is 3.71. The summed E-state index contributed by atoms with van der Waals surface area (Å²) in [5.74, 6) is -0.409. The Morgan fingerprint density at radius 3 is 2.71 bits per heavy atom. The van der Waals surface area contributed by atoms with Gasteiger partial charge in [0.05, 0.1) is 25.2 Å². The van der Waals surface area contributed by atoms with Crippen molar-refractivity contribution >= 4 is 50.5 Å². The number of nitrogens with one attached hydrogen (secondary N) is 1. The van der Waals surface area contributed by atoms with E-state index in [0.717, 1.165) is 0 Å². The molecule has 0 aliphatic carbocycles. The van der Waals surface area contributed by atoms with Crippen molar-refractivity contribution in [1.82, 2.24) is 5.32 Å². The number of carbonyl (C=O) groups is 2. The van der Waals surface area contributed by atoms with Crippen LogP contribution < -0.4 is 5.32 Å². The maximum atomic E-state index is 13.7. The van der Waals surface area contributed by atoms with Crippen LogP contribution in [0.5, 0.6) is 0 Å². The van der Waals surface area contributed by atoms with E-state index in [0.29, 0.717) is 32.4 Å². The molecule has 2 aliphatic rings. The number of hydrogen-bond donors (Lipinski definition) is 1. The van der Waals surface area contributed by atoms with Crippen LogP contribution in [0.2, 0.25) is 0 Å². The lowest BCUT2D eigenvalue weighted by Crippen LogP contribution is -2.38. The molecule has 0 aromatic heterocycles. The summed E-state index contributed by atoms with van der Waals surface area (Å²) in [6, 6.07) is 3.31. The molecule has 31 heavy (non-hydrogen) atoms. The van der Waals surface area contributed by atoms with Crippen molar-refractivity contribution in [2.45, 2.75) is 26.3 Å². The summed E-state index contributed by atoms with van der Waals surface area (Å²) in [6.07, 6.45) is 3.41. The number of thioether (sulfide) groups is 1. The maximum Gasteiger partial charge on any atom is 0.338 e. The fourth-order valence-corrected chi connectivity index (χ4v) is 4.34. The second-order valence-electron chi connectivity index (χ2n) is 6.40. The third-order valence-electron chi connectivity index (χ3n) is 4.32. The second kappa shape index (κ2) is 10.7. The molecule has 164 valence electrons. The third-order valence-corrected chi connectivity index (χ3v) is 5.94. The SMILES string of the molecule is CCOC(=O)CC1=C(C(=O)OCC)C(c2ccc(F)cc2Br)N=C(C2=NC=CCS2)N1. The number of esters is 2. The van der Waals surface area contributed by atoms with Crippen LogP contribution in [0, 0.1) is 5.82 Å². The Bertz CT molecular complexity index is 1010. The van der Waals surface area contributed by atoms with Crippen LogP contribution in [0.25, 0.3) is 0 Å². The first-order valence-electron chi connectivity index (χ1n) is 9.66. The van der Waals surface area contributed by atoms with Gasteiger partial charge in [0.15, 0.2) is 5.84 Å². The van der Waals surface area contributed by atoms with Crippen LogP contribution in [0.4, 0.5) is 4.39 Å². The summed E-state index contributed by atoms with van der Waals surface area (Å²) in [6.45, 7) is 3.76. The average molecular weight is 510 g/mol. The minimum atomic E-state index is -0.830. The van der Waals surface area contributed by atoms with E-state index in [1.807, 2.05) is 6.08 Å². The molecule has 0 bridgehead atoms. The van der Waals surface area contributed by atoms with Crippen LogP contribution in [0.1, 0.15) is 31.9 Å². The zero-order valence-corrected chi connectivity index (χ0v) is 19.4. The van der Waals surface area contributed by atoms with E-state index in [9.17, 15) is 14.0 Å². The number of nitrogens with zero attached hydrogens (tertiary/aromatic N) is 2. The average Bonchev–Trinajstić information content (AvgIpc) is 2.74. The van der Waals surface area contributed by atoms with Gasteiger partial charge in [0.1, 0.15) is 16.9 Å². The molecular weight excluding hydrogens is 489 g/mol. The summed E-state index contributed by atoms with van der Waals surface area (Å²) < 4.78 is 24.5. The lowest BCUT2D eigenvalue weighted by Gasteiger charge is -2.28. The highest BCUT2D eigenvalue weighted by Crippen LogP contribution is 2.37. The van der Waals surface area contributed by atoms with Crippen molar-refractivity contribution in [3.63, 3.8) is 0 Å². The molecule has 1 aromatic rings. The van der Waals surface area contributed by atoms with Gasteiger partial charge in [0.2, 0.25) is 0 Å². The molecular formula is C21H21BrFN3O4S. The van der Waals surface area contributed by atoms with Crippen LogP contribution in [-0.2, 0) is 19.1 Å². The van der Waals surface area contributed by atoms with E-state index in [1.165, 1.54) is 23.9 Å². The fourth-order valence-electron chi connectivity index (χ4n) is 3.05. The normalized spacial score (nSPS) is 18.1. The molecule has 10 heteroatoms. The largest absolute Gasteiger partial charge is 0.466 e. The molecule has 0 amide bonds. The topological polar surface area (TPSA) is 89.4 Å². The number of hydrogen-bond acceptors (Lipinski definition) is 8. The van der Waals surface area contributed by atoms with Gasteiger partial charge < -0.3 is 14.8 Å². The van der Waals surface area contributed by atoms with Gasteiger partial charge in [0.25, 0.3) is 0 Å². The Balaban J connectivity index is 2.15. The zero-order chi connectivity index (χ0) is 22.4. The molecule has 1 atom stereocenters. The molecule has 0 saturated heterocycles. The molecule has 1 unspecified atom stereocenters. The number of rotatable bonds is 7. The second-order valence-corrected chi connectivity index (χ2v) is 8.26. The first-order valence-corrected chi connectivity index (χ1v) is 11.4. The van der Waals surface area contributed by atoms with Crippen molar-refractivity contribution in [2.24, 2.45) is 9.98 Å². The van der Waals surface area contributed by atoms with Gasteiger partial charge in [-0.05, 0) is 31.5 Å². The van der Waals surface area contributed by atoms with E-state index in [1.54, 1.807) is 26.1 Å². The summed E-state index contributed by atoms with van der Waals surface area (Å²) >= 11 is 4.84. The number of ether oxygens (including phenoxy) is 2. The number of halogens is 2. The van der Waals surface area contributed by atoms with Gasteiger partial charge in [0, 0.05) is 22.1 Å². The minimum Gasteiger partial charge on any atom is -0.466 e. The number of aliphatic imine (C=N–C) groups is 2. The first-order chi connectivity index (χ1) is 14.9. The molecule has 1 aromatic carbocycles. The Morgan fingerprint density at radius 1 is 1.29 bits per heavy atom. The van der Waals surface area contributed by atoms with Crippen molar-refractivity contribution < 1.29 is 23.5 Å². The Labute approximate surface area is 192 Å². The monoisotopic (exact) mass is 509 g/mol. The van der Waals surface area contributed by atoms with Crippen LogP contribution >= 0.6 is 27.7 Å². The van der Waals surface area contributed by atoms with Crippen LogP contribution in [0.3, 0.4) is 0 Å². The Hall–Kier alpha value is -2.46. The Kier molecular flexibility index (Phi) is 8.03. The lowest BCUT2D eigenvalue weighted by molar-refractivity contribution is -0.142. The molecule has 0 saturated carbocycles. The van der Waals surface area contributed by atoms with Crippen LogP contribution in [0.15, 0.2) is 56.2 Å². The van der Waals surface area contributed by atoms with Gasteiger partial charge in [-0.2, -0.15) is 0 Å². The molecule has 7 nitrogen and oxygen atoms in total. The van der Waals surface area contributed by atoms with Crippen molar-refractivity contribution in [3.8, 4) is 0 Å². The maximum absolute atomic E-state index is 13.7. The highest BCUT2D eigenvalue weighted by atomic mass is 79.9. The number of amidine groups is 1. The predicted octanol–water partition coefficient (Wildman–Crippen LogP) is 4.06. The molecule has 0 radical (unpaired) electrons. The minimum absolute atomic E-state index is 0.149. The highest BCUT2D eigenvalue weighted by molar-refractivity contribution is 9.10.